The van der Waals surface area contributed by atoms with Crippen LogP contribution in [0.25, 0.3) is 6.08 Å². The van der Waals surface area contributed by atoms with Crippen LogP contribution in [-0.2, 0) is 9.59 Å². The van der Waals surface area contributed by atoms with Gasteiger partial charge in [-0.25, -0.2) is 4.39 Å². The van der Waals surface area contributed by atoms with Crippen molar-refractivity contribution in [2.75, 3.05) is 22.9 Å². The number of carbonyl (C=O) groups excluding carboxylic acids is 2. The number of carbonyl (C=O) groups is 2. The van der Waals surface area contributed by atoms with Crippen molar-refractivity contribution in [1.82, 2.24) is 5.32 Å². The molecule has 3 rings (SSSR count). The van der Waals surface area contributed by atoms with E-state index >= 15 is 0 Å². The fourth-order valence-electron chi connectivity index (χ4n) is 2.75. The first-order valence-corrected chi connectivity index (χ1v) is 8.87. The van der Waals surface area contributed by atoms with Crippen molar-refractivity contribution in [3.8, 4) is 0 Å². The highest BCUT2D eigenvalue weighted by Crippen LogP contribution is 2.24. The lowest BCUT2D eigenvalue weighted by Crippen LogP contribution is -2.54. The molecule has 1 N–H and O–H groups in total. The maximum atomic E-state index is 13.2. The van der Waals surface area contributed by atoms with Gasteiger partial charge in [0.1, 0.15) is 17.2 Å². The van der Waals surface area contributed by atoms with Crippen LogP contribution in [0.3, 0.4) is 0 Å². The summed E-state index contributed by atoms with van der Waals surface area (Å²) in [4.78, 5) is 28.3. The van der Waals surface area contributed by atoms with Crippen LogP contribution in [0.15, 0.2) is 46.4 Å². The van der Waals surface area contributed by atoms with E-state index in [2.05, 4.69) is 5.32 Å². The van der Waals surface area contributed by atoms with Gasteiger partial charge >= 0.3 is 0 Å². The SMILES string of the molecule is CCN(CC)c1ccc(/C=C2/C(=O)NC(=S)N(c3ccc(F)cc3)C2=O)o1. The van der Waals surface area contributed by atoms with E-state index in [1.54, 1.807) is 12.1 Å². The molecule has 1 aliphatic heterocycles. The summed E-state index contributed by atoms with van der Waals surface area (Å²) in [7, 11) is 0. The molecule has 0 radical (unpaired) electrons. The maximum absolute atomic E-state index is 13.2. The van der Waals surface area contributed by atoms with E-state index in [1.807, 2.05) is 18.7 Å². The van der Waals surface area contributed by atoms with E-state index in [1.165, 1.54) is 30.3 Å². The van der Waals surface area contributed by atoms with Crippen molar-refractivity contribution >= 4 is 46.8 Å². The molecule has 1 aromatic heterocycles. The fourth-order valence-corrected chi connectivity index (χ4v) is 3.03. The minimum absolute atomic E-state index is 0.0583. The predicted molar refractivity (Wildman–Crippen MR) is 105 cm³/mol. The number of furan rings is 1. The van der Waals surface area contributed by atoms with E-state index in [9.17, 15) is 14.0 Å². The molecule has 0 saturated carbocycles. The van der Waals surface area contributed by atoms with E-state index in [0.717, 1.165) is 18.0 Å². The number of amides is 2. The van der Waals surface area contributed by atoms with Crippen molar-refractivity contribution in [2.45, 2.75) is 13.8 Å². The number of anilines is 2. The number of thiocarbonyl (C=S) groups is 1. The van der Waals surface area contributed by atoms with Gasteiger partial charge in [0.15, 0.2) is 11.0 Å². The summed E-state index contributed by atoms with van der Waals surface area (Å²) in [5, 5.41) is 2.42. The highest BCUT2D eigenvalue weighted by Gasteiger charge is 2.34. The molecule has 0 unspecified atom stereocenters. The zero-order chi connectivity index (χ0) is 19.6. The van der Waals surface area contributed by atoms with Crippen molar-refractivity contribution in [3.05, 3.63) is 53.5 Å². The average Bonchev–Trinajstić information content (AvgIpc) is 3.10. The monoisotopic (exact) mass is 387 g/mol. The Morgan fingerprint density at radius 1 is 1.15 bits per heavy atom. The number of rotatable bonds is 5. The molecule has 2 heterocycles. The van der Waals surface area contributed by atoms with Crippen molar-refractivity contribution in [2.24, 2.45) is 0 Å². The van der Waals surface area contributed by atoms with Crippen LogP contribution in [0, 0.1) is 5.82 Å². The third kappa shape index (κ3) is 3.75. The Bertz CT molecular complexity index is 917. The zero-order valence-electron chi connectivity index (χ0n) is 14.9. The van der Waals surface area contributed by atoms with Crippen molar-refractivity contribution in [3.63, 3.8) is 0 Å². The lowest BCUT2D eigenvalue weighted by molar-refractivity contribution is -0.122. The van der Waals surface area contributed by atoms with E-state index in [-0.39, 0.29) is 10.7 Å². The number of hydrogen-bond acceptors (Lipinski definition) is 5. The second-order valence-corrected chi connectivity index (χ2v) is 6.17. The molecule has 6 nitrogen and oxygen atoms in total. The number of halogens is 1. The van der Waals surface area contributed by atoms with Crippen LogP contribution in [0.4, 0.5) is 16.0 Å². The van der Waals surface area contributed by atoms with Gasteiger partial charge in [-0.2, -0.15) is 0 Å². The summed E-state index contributed by atoms with van der Waals surface area (Å²) in [6.07, 6.45) is 1.38. The number of nitrogens with one attached hydrogen (secondary N) is 1. The summed E-state index contributed by atoms with van der Waals surface area (Å²) in [6.45, 7) is 5.55. The Morgan fingerprint density at radius 2 is 1.81 bits per heavy atom. The number of nitrogens with zero attached hydrogens (tertiary/aromatic N) is 2. The highest BCUT2D eigenvalue weighted by atomic mass is 32.1. The molecule has 2 amide bonds. The standard InChI is InChI=1S/C19H18FN3O3S/c1-3-22(4-2)16-10-9-14(26-16)11-15-17(24)21-19(27)23(18(15)25)13-7-5-12(20)6-8-13/h5-11H,3-4H2,1-2H3,(H,21,24,27)/b15-11-. The fraction of sp³-hybridized carbons (Fsp3) is 0.211. The zero-order valence-corrected chi connectivity index (χ0v) is 15.7. The molecule has 1 fully saturated rings. The second-order valence-electron chi connectivity index (χ2n) is 5.78. The lowest BCUT2D eigenvalue weighted by Gasteiger charge is -2.28. The first kappa shape index (κ1) is 18.8. The molecule has 1 saturated heterocycles. The molecule has 1 aromatic carbocycles. The maximum Gasteiger partial charge on any atom is 0.270 e. The van der Waals surface area contributed by atoms with Crippen LogP contribution < -0.4 is 15.1 Å². The summed E-state index contributed by atoms with van der Waals surface area (Å²) in [6, 6.07) is 8.74. The highest BCUT2D eigenvalue weighted by molar-refractivity contribution is 7.80. The van der Waals surface area contributed by atoms with Crippen LogP contribution in [0.2, 0.25) is 0 Å². The van der Waals surface area contributed by atoms with Crippen molar-refractivity contribution in [1.29, 1.82) is 0 Å². The van der Waals surface area contributed by atoms with Gasteiger partial charge in [0, 0.05) is 19.2 Å². The van der Waals surface area contributed by atoms with E-state index < -0.39 is 17.6 Å². The van der Waals surface area contributed by atoms with Crippen LogP contribution in [-0.4, -0.2) is 30.0 Å². The third-order valence-electron chi connectivity index (χ3n) is 4.16. The van der Waals surface area contributed by atoms with Gasteiger partial charge in [-0.15, -0.1) is 0 Å². The minimum Gasteiger partial charge on any atom is -0.441 e. The van der Waals surface area contributed by atoms with Crippen LogP contribution >= 0.6 is 12.2 Å². The average molecular weight is 387 g/mol. The number of hydrogen-bond donors (Lipinski definition) is 1. The van der Waals surface area contributed by atoms with Gasteiger partial charge in [0.2, 0.25) is 0 Å². The summed E-state index contributed by atoms with van der Waals surface area (Å²) in [5.74, 6) is -0.613. The quantitative estimate of drug-likeness (QED) is 0.485. The van der Waals surface area contributed by atoms with Crippen LogP contribution in [0.5, 0.6) is 0 Å². The molecule has 27 heavy (non-hydrogen) atoms. The number of benzene rings is 1. The topological polar surface area (TPSA) is 65.8 Å². The Labute approximate surface area is 161 Å². The van der Waals surface area contributed by atoms with E-state index in [4.69, 9.17) is 16.6 Å². The molecule has 0 aliphatic carbocycles. The van der Waals surface area contributed by atoms with Crippen LogP contribution in [0.1, 0.15) is 19.6 Å². The van der Waals surface area contributed by atoms with E-state index in [0.29, 0.717) is 17.3 Å². The van der Waals surface area contributed by atoms with Crippen molar-refractivity contribution < 1.29 is 18.4 Å². The molecule has 0 spiro atoms. The van der Waals surface area contributed by atoms with Gasteiger partial charge < -0.3 is 9.32 Å². The molecule has 2 aromatic rings. The molecule has 8 heteroatoms. The molecule has 140 valence electrons. The second kappa shape index (κ2) is 7.71. The van der Waals surface area contributed by atoms with Gasteiger partial charge in [0.25, 0.3) is 11.8 Å². The Hall–Kier alpha value is -3.00. The smallest absolute Gasteiger partial charge is 0.270 e. The minimum atomic E-state index is -0.607. The molecule has 0 bridgehead atoms. The summed E-state index contributed by atoms with van der Waals surface area (Å²) >= 11 is 5.11. The Balaban J connectivity index is 1.93. The Kier molecular flexibility index (Phi) is 5.36. The van der Waals surface area contributed by atoms with Gasteiger partial charge in [0.05, 0.1) is 5.69 Å². The van der Waals surface area contributed by atoms with Gasteiger partial charge in [-0.3, -0.25) is 19.8 Å². The lowest BCUT2D eigenvalue weighted by atomic mass is 10.1. The summed E-state index contributed by atoms with van der Waals surface area (Å²) < 4.78 is 18.9. The largest absolute Gasteiger partial charge is 0.441 e. The molecule has 0 atom stereocenters. The molecular weight excluding hydrogens is 369 g/mol. The predicted octanol–water partition coefficient (Wildman–Crippen LogP) is 3.10. The van der Waals surface area contributed by atoms with Gasteiger partial charge in [-0.1, -0.05) is 0 Å². The first-order valence-electron chi connectivity index (χ1n) is 8.46. The summed E-state index contributed by atoms with van der Waals surface area (Å²) in [5.41, 5.74) is 0.244. The third-order valence-corrected chi connectivity index (χ3v) is 4.45. The first-order chi connectivity index (χ1) is 12.9. The molecule has 1 aliphatic rings. The molecular formula is C19H18FN3O3S. The normalized spacial score (nSPS) is 16.0. The Morgan fingerprint density at radius 3 is 2.44 bits per heavy atom. The van der Waals surface area contributed by atoms with Gasteiger partial charge in [-0.05, 0) is 62.5 Å².